The summed E-state index contributed by atoms with van der Waals surface area (Å²) in [6.07, 6.45) is 2.37. The number of thioether (sulfide) groups is 1. The van der Waals surface area contributed by atoms with Gasteiger partial charge in [0.15, 0.2) is 15.0 Å². The van der Waals surface area contributed by atoms with E-state index < -0.39 is 9.84 Å². The Bertz CT molecular complexity index is 1220. The van der Waals surface area contributed by atoms with E-state index in [1.165, 1.54) is 17.6 Å². The molecule has 0 spiro atoms. The van der Waals surface area contributed by atoms with Gasteiger partial charge in [-0.05, 0) is 67.7 Å². The maximum absolute atomic E-state index is 13.3. The lowest BCUT2D eigenvalue weighted by Gasteiger charge is -2.24. The van der Waals surface area contributed by atoms with Gasteiger partial charge >= 0.3 is 0 Å². The molecule has 1 aromatic heterocycles. The number of amides is 1. The molecule has 0 bridgehead atoms. The number of ether oxygens (including phenoxy) is 1. The van der Waals surface area contributed by atoms with Crippen LogP contribution in [-0.4, -0.2) is 69.5 Å². The number of hydrogen-bond donors (Lipinski definition) is 0. The molecule has 0 aliphatic heterocycles. The molecule has 0 aliphatic carbocycles. The lowest BCUT2D eigenvalue weighted by Crippen LogP contribution is -2.38. The molecule has 0 atom stereocenters. The minimum atomic E-state index is -3.31. The number of fused-ring (bicyclic) bond motifs is 1. The minimum Gasteiger partial charge on any atom is -0.497 e. The van der Waals surface area contributed by atoms with E-state index in [-0.39, 0.29) is 10.8 Å². The summed E-state index contributed by atoms with van der Waals surface area (Å²) in [5.41, 5.74) is 0.702. The average Bonchev–Trinajstić information content (AvgIpc) is 3.27. The third-order valence-corrected chi connectivity index (χ3v) is 8.96. The van der Waals surface area contributed by atoms with Gasteiger partial charge in [-0.15, -0.1) is 11.8 Å². The Labute approximate surface area is 216 Å². The van der Waals surface area contributed by atoms with Crippen molar-refractivity contribution < 1.29 is 17.9 Å². The molecule has 3 aromatic rings. The second-order valence-corrected chi connectivity index (χ2v) is 12.3. The van der Waals surface area contributed by atoms with Gasteiger partial charge < -0.3 is 9.64 Å². The van der Waals surface area contributed by atoms with Gasteiger partial charge in [0, 0.05) is 30.7 Å². The number of hydrogen-bond acceptors (Lipinski definition) is 8. The van der Waals surface area contributed by atoms with E-state index in [0.717, 1.165) is 47.2 Å². The molecular weight excluding hydrogens is 502 g/mol. The first-order valence-electron chi connectivity index (χ1n) is 11.6. The monoisotopic (exact) mass is 535 g/mol. The highest BCUT2D eigenvalue weighted by molar-refractivity contribution is 7.99. The number of aromatic nitrogens is 1. The quantitative estimate of drug-likeness (QED) is 0.226. The predicted molar refractivity (Wildman–Crippen MR) is 146 cm³/mol. The minimum absolute atomic E-state index is 0.0369. The van der Waals surface area contributed by atoms with Crippen molar-refractivity contribution in [3.8, 4) is 5.75 Å². The lowest BCUT2D eigenvalue weighted by molar-refractivity contribution is -0.118. The van der Waals surface area contributed by atoms with Gasteiger partial charge in [-0.2, -0.15) is 0 Å². The third kappa shape index (κ3) is 7.67. The van der Waals surface area contributed by atoms with Crippen LogP contribution in [0.2, 0.25) is 0 Å². The van der Waals surface area contributed by atoms with Crippen molar-refractivity contribution in [2.75, 3.05) is 50.2 Å². The molecule has 1 heterocycles. The number of thiazole rings is 1. The first-order valence-corrected chi connectivity index (χ1v) is 15.3. The Morgan fingerprint density at radius 1 is 1.09 bits per heavy atom. The van der Waals surface area contributed by atoms with Crippen LogP contribution in [0.4, 0.5) is 5.13 Å². The van der Waals surface area contributed by atoms with E-state index in [4.69, 9.17) is 4.74 Å². The van der Waals surface area contributed by atoms with Crippen molar-refractivity contribution in [1.29, 1.82) is 0 Å². The molecule has 0 unspecified atom stereocenters. The molecule has 35 heavy (non-hydrogen) atoms. The molecule has 0 radical (unpaired) electrons. The fourth-order valence-electron chi connectivity index (χ4n) is 3.57. The van der Waals surface area contributed by atoms with Gasteiger partial charge in [0.2, 0.25) is 5.91 Å². The summed E-state index contributed by atoms with van der Waals surface area (Å²) >= 11 is 3.08. The fourth-order valence-corrected chi connectivity index (χ4v) is 6.19. The van der Waals surface area contributed by atoms with Gasteiger partial charge in [0.05, 0.1) is 22.2 Å². The van der Waals surface area contributed by atoms with Crippen LogP contribution >= 0.6 is 23.1 Å². The number of anilines is 1. The molecule has 7 nitrogen and oxygen atoms in total. The number of methoxy groups -OCH3 is 1. The third-order valence-electron chi connectivity index (χ3n) is 5.71. The van der Waals surface area contributed by atoms with Crippen LogP contribution in [0.3, 0.4) is 0 Å². The van der Waals surface area contributed by atoms with E-state index in [2.05, 4.69) is 23.7 Å². The van der Waals surface area contributed by atoms with E-state index in [1.807, 2.05) is 24.3 Å². The second kappa shape index (κ2) is 12.7. The van der Waals surface area contributed by atoms with Crippen molar-refractivity contribution in [3.05, 3.63) is 42.5 Å². The second-order valence-electron chi connectivity index (χ2n) is 8.10. The van der Waals surface area contributed by atoms with Crippen LogP contribution in [0.25, 0.3) is 10.2 Å². The van der Waals surface area contributed by atoms with Crippen LogP contribution in [-0.2, 0) is 14.6 Å². The molecular formula is C25H33N3O4S3. The van der Waals surface area contributed by atoms with Crippen molar-refractivity contribution in [2.45, 2.75) is 36.5 Å². The van der Waals surface area contributed by atoms with E-state index >= 15 is 0 Å². The maximum atomic E-state index is 13.3. The summed E-state index contributed by atoms with van der Waals surface area (Å²) < 4.78 is 29.9. The Morgan fingerprint density at radius 3 is 2.43 bits per heavy atom. The summed E-state index contributed by atoms with van der Waals surface area (Å²) in [5.74, 6) is 1.70. The highest BCUT2D eigenvalue weighted by Gasteiger charge is 2.21. The maximum Gasteiger partial charge on any atom is 0.228 e. The summed E-state index contributed by atoms with van der Waals surface area (Å²) in [6, 6.07) is 12.8. The van der Waals surface area contributed by atoms with Crippen LogP contribution < -0.4 is 9.64 Å². The number of benzene rings is 2. The zero-order valence-corrected chi connectivity index (χ0v) is 23.1. The first-order chi connectivity index (χ1) is 16.7. The van der Waals surface area contributed by atoms with Gasteiger partial charge in [0.1, 0.15) is 5.75 Å². The number of likely N-dealkylation sites (N-methyl/N-ethyl adjacent to an activating group) is 1. The van der Waals surface area contributed by atoms with E-state index in [1.54, 1.807) is 42.0 Å². The highest BCUT2D eigenvalue weighted by atomic mass is 32.2. The first kappa shape index (κ1) is 27.4. The van der Waals surface area contributed by atoms with Crippen molar-refractivity contribution in [1.82, 2.24) is 9.88 Å². The van der Waals surface area contributed by atoms with Crippen LogP contribution in [0.1, 0.15) is 26.7 Å². The van der Waals surface area contributed by atoms with Crippen LogP contribution in [0, 0.1) is 0 Å². The van der Waals surface area contributed by atoms with Crippen molar-refractivity contribution in [2.24, 2.45) is 0 Å². The molecule has 0 saturated carbocycles. The fraction of sp³-hybridized carbons (Fsp3) is 0.440. The van der Waals surface area contributed by atoms with Gasteiger partial charge in [0.25, 0.3) is 0 Å². The van der Waals surface area contributed by atoms with Crippen molar-refractivity contribution in [3.63, 3.8) is 0 Å². The predicted octanol–water partition coefficient (Wildman–Crippen LogP) is 4.96. The Hall–Kier alpha value is -2.14. The summed E-state index contributed by atoms with van der Waals surface area (Å²) in [5, 5.41) is 0.616. The smallest absolute Gasteiger partial charge is 0.228 e. The topological polar surface area (TPSA) is 79.8 Å². The largest absolute Gasteiger partial charge is 0.497 e. The summed E-state index contributed by atoms with van der Waals surface area (Å²) in [7, 11) is -1.66. The Morgan fingerprint density at radius 2 is 1.80 bits per heavy atom. The Kier molecular flexibility index (Phi) is 9.97. The molecule has 10 heteroatoms. The molecule has 190 valence electrons. The molecule has 2 aromatic carbocycles. The molecule has 0 saturated heterocycles. The Balaban J connectivity index is 1.71. The highest BCUT2D eigenvalue weighted by Crippen LogP contribution is 2.31. The zero-order valence-electron chi connectivity index (χ0n) is 20.7. The molecule has 1 amide bonds. The molecule has 0 fully saturated rings. The SMILES string of the molecule is CCN(CC)CCN(C(=O)CCCSc1ccc(OC)cc1)c1nc2ccc(S(C)(=O)=O)cc2s1. The summed E-state index contributed by atoms with van der Waals surface area (Å²) in [6.45, 7) is 7.34. The number of nitrogens with zero attached hydrogens (tertiary/aromatic N) is 3. The van der Waals surface area contributed by atoms with E-state index in [9.17, 15) is 13.2 Å². The standard InChI is InChI=1S/C25H33N3O4S3/c1-5-27(6-2)15-16-28(24(29)8-7-17-33-20-11-9-19(32-3)10-12-20)25-26-22-14-13-21(35(4,30)31)18-23(22)34-25/h9-14,18H,5-8,15-17H2,1-4H3. The molecule has 0 N–H and O–H groups in total. The van der Waals surface area contributed by atoms with Gasteiger partial charge in [-0.1, -0.05) is 25.2 Å². The number of carbonyl (C=O) groups excluding carboxylic acids is 1. The lowest BCUT2D eigenvalue weighted by atomic mass is 10.3. The zero-order chi connectivity index (χ0) is 25.4. The number of sulfone groups is 1. The molecule has 0 aliphatic rings. The van der Waals surface area contributed by atoms with Crippen molar-refractivity contribution >= 4 is 54.2 Å². The van der Waals surface area contributed by atoms with Gasteiger partial charge in [-0.25, -0.2) is 13.4 Å². The average molecular weight is 536 g/mol. The van der Waals surface area contributed by atoms with Crippen LogP contribution in [0.15, 0.2) is 52.3 Å². The normalized spacial score (nSPS) is 11.8. The number of rotatable bonds is 13. The summed E-state index contributed by atoms with van der Waals surface area (Å²) in [4.78, 5) is 23.4. The van der Waals surface area contributed by atoms with Gasteiger partial charge in [-0.3, -0.25) is 9.69 Å². The number of carbonyl (C=O) groups is 1. The van der Waals surface area contributed by atoms with E-state index in [0.29, 0.717) is 23.6 Å². The van der Waals surface area contributed by atoms with Crippen LogP contribution in [0.5, 0.6) is 5.75 Å². The molecule has 3 rings (SSSR count).